The molecule has 0 aliphatic carbocycles. The van der Waals surface area contributed by atoms with Gasteiger partial charge in [-0.25, -0.2) is 0 Å². The molecule has 0 unspecified atom stereocenters. The zero-order valence-corrected chi connectivity index (χ0v) is 11.6. The van der Waals surface area contributed by atoms with Crippen molar-refractivity contribution in [3.63, 3.8) is 0 Å². The Morgan fingerprint density at radius 2 is 1.61 bits per heavy atom. The lowest BCUT2D eigenvalue weighted by Crippen LogP contribution is -1.97. The number of ether oxygens (including phenoxy) is 1. The first kappa shape index (κ1) is 13.3. The summed E-state index contributed by atoms with van der Waals surface area (Å²) in [5.41, 5.74) is 7.08. The first-order valence-electron chi connectivity index (χ1n) is 5.17. The van der Waals surface area contributed by atoms with Crippen molar-refractivity contribution in [3.05, 3.63) is 57.0 Å². The second-order valence-corrected chi connectivity index (χ2v) is 5.02. The number of nitrogens with two attached hydrogens (primary N) is 1. The lowest BCUT2D eigenvalue weighted by Gasteiger charge is -2.09. The van der Waals surface area contributed by atoms with Gasteiger partial charge in [0, 0.05) is 26.3 Å². The standard InChI is InChI=1S/C13H10Cl3NO/c14-9-3-10(15)5-12(4-9)18-7-8-1-2-11(17)6-13(8)16/h1-6H,7,17H2. The van der Waals surface area contributed by atoms with Crippen molar-refractivity contribution in [2.24, 2.45) is 0 Å². The molecule has 5 heteroatoms. The summed E-state index contributed by atoms with van der Waals surface area (Å²) in [5, 5.41) is 1.63. The highest BCUT2D eigenvalue weighted by atomic mass is 35.5. The highest BCUT2D eigenvalue weighted by molar-refractivity contribution is 6.34. The van der Waals surface area contributed by atoms with Crippen molar-refractivity contribution in [2.45, 2.75) is 6.61 Å². The Balaban J connectivity index is 2.11. The van der Waals surface area contributed by atoms with E-state index in [-0.39, 0.29) is 0 Å². The van der Waals surface area contributed by atoms with E-state index in [9.17, 15) is 0 Å². The maximum absolute atomic E-state index is 6.05. The van der Waals surface area contributed by atoms with E-state index in [0.29, 0.717) is 33.1 Å². The van der Waals surface area contributed by atoms with Crippen LogP contribution in [0.5, 0.6) is 5.75 Å². The first-order valence-corrected chi connectivity index (χ1v) is 6.31. The molecule has 0 aromatic heterocycles. The molecule has 2 aromatic carbocycles. The Morgan fingerprint density at radius 1 is 0.944 bits per heavy atom. The van der Waals surface area contributed by atoms with Crippen LogP contribution in [-0.2, 0) is 6.61 Å². The van der Waals surface area contributed by atoms with E-state index in [1.54, 1.807) is 30.3 Å². The van der Waals surface area contributed by atoms with E-state index in [1.807, 2.05) is 6.07 Å². The molecule has 0 heterocycles. The van der Waals surface area contributed by atoms with Gasteiger partial charge in [0.25, 0.3) is 0 Å². The quantitative estimate of drug-likeness (QED) is 0.826. The fourth-order valence-electron chi connectivity index (χ4n) is 1.45. The van der Waals surface area contributed by atoms with Crippen LogP contribution in [0.15, 0.2) is 36.4 Å². The van der Waals surface area contributed by atoms with Crippen LogP contribution < -0.4 is 10.5 Å². The molecule has 0 atom stereocenters. The van der Waals surface area contributed by atoms with Crippen molar-refractivity contribution in [3.8, 4) is 5.75 Å². The van der Waals surface area contributed by atoms with Crippen molar-refractivity contribution in [1.29, 1.82) is 0 Å². The third-order valence-corrected chi connectivity index (χ3v) is 3.10. The molecule has 94 valence electrons. The molecule has 2 N–H and O–H groups in total. The van der Waals surface area contributed by atoms with Crippen molar-refractivity contribution < 1.29 is 4.74 Å². The molecule has 2 nitrogen and oxygen atoms in total. The molecule has 2 aromatic rings. The highest BCUT2D eigenvalue weighted by Crippen LogP contribution is 2.26. The Hall–Kier alpha value is -1.09. The third-order valence-electron chi connectivity index (χ3n) is 2.31. The van der Waals surface area contributed by atoms with Gasteiger partial charge in [0.2, 0.25) is 0 Å². The number of halogens is 3. The van der Waals surface area contributed by atoms with Gasteiger partial charge in [0.05, 0.1) is 0 Å². The SMILES string of the molecule is Nc1ccc(COc2cc(Cl)cc(Cl)c2)c(Cl)c1. The van der Waals surface area contributed by atoms with E-state index in [2.05, 4.69) is 0 Å². The molecule has 0 saturated heterocycles. The molecule has 0 aliphatic rings. The van der Waals surface area contributed by atoms with E-state index < -0.39 is 0 Å². The number of anilines is 1. The van der Waals surface area contributed by atoms with Gasteiger partial charge in [-0.15, -0.1) is 0 Å². The summed E-state index contributed by atoms with van der Waals surface area (Å²) in [6.45, 7) is 0.329. The molecule has 0 saturated carbocycles. The summed E-state index contributed by atoms with van der Waals surface area (Å²) in [4.78, 5) is 0. The van der Waals surface area contributed by atoms with Crippen molar-refractivity contribution in [1.82, 2.24) is 0 Å². The maximum atomic E-state index is 6.05. The zero-order valence-electron chi connectivity index (χ0n) is 9.29. The number of hydrogen-bond donors (Lipinski definition) is 1. The predicted octanol–water partition coefficient (Wildman–Crippen LogP) is 4.81. The molecule has 0 radical (unpaired) electrons. The summed E-state index contributed by atoms with van der Waals surface area (Å²) in [6.07, 6.45) is 0. The van der Waals surface area contributed by atoms with Gasteiger partial charge < -0.3 is 10.5 Å². The van der Waals surface area contributed by atoms with Crippen LogP contribution in [0.3, 0.4) is 0 Å². The molecule has 0 bridgehead atoms. The monoisotopic (exact) mass is 301 g/mol. The Labute approximate surface area is 120 Å². The number of nitrogen functional groups attached to an aromatic ring is 1. The zero-order chi connectivity index (χ0) is 13.1. The molecular weight excluding hydrogens is 293 g/mol. The fourth-order valence-corrected chi connectivity index (χ4v) is 2.20. The average Bonchev–Trinajstić information content (AvgIpc) is 2.26. The van der Waals surface area contributed by atoms with Crippen LogP contribution in [0.4, 0.5) is 5.69 Å². The largest absolute Gasteiger partial charge is 0.489 e. The lowest BCUT2D eigenvalue weighted by molar-refractivity contribution is 0.306. The minimum Gasteiger partial charge on any atom is -0.489 e. The van der Waals surface area contributed by atoms with Crippen LogP contribution in [0.25, 0.3) is 0 Å². The second-order valence-electron chi connectivity index (χ2n) is 3.74. The second kappa shape index (κ2) is 5.70. The average molecular weight is 303 g/mol. The van der Waals surface area contributed by atoms with Gasteiger partial charge in [-0.3, -0.25) is 0 Å². The smallest absolute Gasteiger partial charge is 0.122 e. The number of hydrogen-bond acceptors (Lipinski definition) is 2. The minimum absolute atomic E-state index is 0.329. The molecule has 18 heavy (non-hydrogen) atoms. The number of benzene rings is 2. The van der Waals surface area contributed by atoms with Crippen LogP contribution in [-0.4, -0.2) is 0 Å². The van der Waals surface area contributed by atoms with Crippen molar-refractivity contribution in [2.75, 3.05) is 5.73 Å². The van der Waals surface area contributed by atoms with Crippen LogP contribution in [0, 0.1) is 0 Å². The van der Waals surface area contributed by atoms with Gasteiger partial charge in [0.1, 0.15) is 12.4 Å². The van der Waals surface area contributed by atoms with E-state index in [0.717, 1.165) is 5.56 Å². The molecule has 0 fully saturated rings. The molecule has 0 aliphatic heterocycles. The maximum Gasteiger partial charge on any atom is 0.122 e. The first-order chi connectivity index (χ1) is 8.54. The fraction of sp³-hybridized carbons (Fsp3) is 0.0769. The van der Waals surface area contributed by atoms with Crippen LogP contribution >= 0.6 is 34.8 Å². The van der Waals surface area contributed by atoms with Gasteiger partial charge in [0.15, 0.2) is 0 Å². The van der Waals surface area contributed by atoms with E-state index in [1.165, 1.54) is 0 Å². The highest BCUT2D eigenvalue weighted by Gasteiger charge is 2.03. The minimum atomic E-state index is 0.329. The van der Waals surface area contributed by atoms with E-state index >= 15 is 0 Å². The van der Waals surface area contributed by atoms with Gasteiger partial charge in [-0.05, 0) is 30.3 Å². The lowest BCUT2D eigenvalue weighted by atomic mass is 10.2. The predicted molar refractivity (Wildman–Crippen MR) is 76.7 cm³/mol. The van der Waals surface area contributed by atoms with Crippen LogP contribution in [0.2, 0.25) is 15.1 Å². The summed E-state index contributed by atoms with van der Waals surface area (Å²) < 4.78 is 5.58. The van der Waals surface area contributed by atoms with E-state index in [4.69, 9.17) is 45.3 Å². The Bertz CT molecular complexity index is 552. The summed E-state index contributed by atoms with van der Waals surface area (Å²) >= 11 is 17.8. The van der Waals surface area contributed by atoms with Gasteiger partial charge >= 0.3 is 0 Å². The molecular formula is C13H10Cl3NO. The molecule has 2 rings (SSSR count). The van der Waals surface area contributed by atoms with Gasteiger partial charge in [-0.1, -0.05) is 40.9 Å². The Morgan fingerprint density at radius 3 is 2.22 bits per heavy atom. The summed E-state index contributed by atoms with van der Waals surface area (Å²) in [6, 6.07) is 10.3. The van der Waals surface area contributed by atoms with Crippen molar-refractivity contribution >= 4 is 40.5 Å². The topological polar surface area (TPSA) is 35.2 Å². The summed E-state index contributed by atoms with van der Waals surface area (Å²) in [7, 11) is 0. The molecule has 0 spiro atoms. The normalized spacial score (nSPS) is 10.4. The Kier molecular flexibility index (Phi) is 4.23. The summed E-state index contributed by atoms with van der Waals surface area (Å²) in [5.74, 6) is 0.598. The number of rotatable bonds is 3. The molecule has 0 amide bonds. The van der Waals surface area contributed by atoms with Gasteiger partial charge in [-0.2, -0.15) is 0 Å². The van der Waals surface area contributed by atoms with Crippen LogP contribution in [0.1, 0.15) is 5.56 Å². The third kappa shape index (κ3) is 3.45.